The summed E-state index contributed by atoms with van der Waals surface area (Å²) in [6.45, 7) is 0.930. The molecule has 11 heteroatoms. The van der Waals surface area contributed by atoms with Crippen LogP contribution in [0.3, 0.4) is 0 Å². The fourth-order valence-corrected chi connectivity index (χ4v) is 3.41. The molecule has 1 aliphatic heterocycles. The van der Waals surface area contributed by atoms with Crippen LogP contribution in [-0.2, 0) is 19.9 Å². The Morgan fingerprint density at radius 1 is 1.28 bits per heavy atom. The molecular formula is C21H22N6O5. The molecule has 2 atom stereocenters. The Hall–Kier alpha value is -4.28. The Morgan fingerprint density at radius 2 is 1.97 bits per heavy atom. The summed E-state index contributed by atoms with van der Waals surface area (Å²) in [5.41, 5.74) is 5.44. The lowest BCUT2D eigenvalue weighted by Gasteiger charge is -2.23. The second kappa shape index (κ2) is 8.84. The predicted molar refractivity (Wildman–Crippen MR) is 112 cm³/mol. The molecule has 0 unspecified atom stereocenters. The van der Waals surface area contributed by atoms with Crippen LogP contribution in [0, 0.1) is 5.41 Å². The van der Waals surface area contributed by atoms with E-state index in [1.807, 2.05) is 0 Å². The predicted octanol–water partition coefficient (Wildman–Crippen LogP) is 0.465. The molecule has 11 nitrogen and oxygen atoms in total. The number of rotatable bonds is 8. The first kappa shape index (κ1) is 22.4. The van der Waals surface area contributed by atoms with Crippen LogP contribution in [0.1, 0.15) is 36.1 Å². The molecule has 0 spiro atoms. The number of carbonyl (C=O) groups excluding carboxylic acids is 3. The smallest absolute Gasteiger partial charge is 0.325 e. The number of hydrogen-bond donors (Lipinski definition) is 5. The zero-order valence-corrected chi connectivity index (χ0v) is 17.2. The van der Waals surface area contributed by atoms with Gasteiger partial charge in [0.25, 0.3) is 5.91 Å². The van der Waals surface area contributed by atoms with E-state index in [0.717, 1.165) is 4.90 Å². The van der Waals surface area contributed by atoms with Crippen molar-refractivity contribution in [2.24, 2.45) is 5.73 Å². The highest BCUT2D eigenvalue weighted by Crippen LogP contribution is 2.29. The topological polar surface area (TPSA) is 179 Å². The summed E-state index contributed by atoms with van der Waals surface area (Å²) in [5, 5.41) is 21.7. The van der Waals surface area contributed by atoms with E-state index in [4.69, 9.17) is 16.2 Å². The quantitative estimate of drug-likeness (QED) is 0.226. The molecule has 0 radical (unpaired) electrons. The maximum atomic E-state index is 13.0. The molecule has 0 aliphatic carbocycles. The summed E-state index contributed by atoms with van der Waals surface area (Å²) in [6.07, 6.45) is 2.56. The van der Waals surface area contributed by atoms with Crippen molar-refractivity contribution >= 4 is 29.7 Å². The van der Waals surface area contributed by atoms with E-state index in [0.29, 0.717) is 16.7 Å². The van der Waals surface area contributed by atoms with E-state index in [1.54, 1.807) is 36.4 Å². The third-order valence-electron chi connectivity index (χ3n) is 5.15. The van der Waals surface area contributed by atoms with Gasteiger partial charge in [0, 0.05) is 18.0 Å². The number of hydrogen-bond acceptors (Lipinski definition) is 6. The Kier molecular flexibility index (Phi) is 6.19. The van der Waals surface area contributed by atoms with Crippen LogP contribution < -0.4 is 16.4 Å². The average Bonchev–Trinajstić information content (AvgIpc) is 2.97. The Bertz CT molecular complexity index is 1070. The van der Waals surface area contributed by atoms with E-state index in [-0.39, 0.29) is 5.84 Å². The number of amidine groups is 1. The fourth-order valence-electron chi connectivity index (χ4n) is 3.41. The molecule has 166 valence electrons. The number of urea groups is 1. The van der Waals surface area contributed by atoms with E-state index in [9.17, 15) is 19.2 Å². The standard InChI is InChI=1S/C21H22N6O5/c1-21(14-6-4-12(5-7-14)18(22)23)19(31)27(20(32)26-21)11-16(28)25-15(9-17(29)30)13-3-2-8-24-10-13/h2-8,10,15H,9,11H2,1H3,(H3,22,23)(H,25,28)(H,26,32)(H,29,30)/t15-,21-/m0/s1. The largest absolute Gasteiger partial charge is 0.481 e. The number of amides is 4. The summed E-state index contributed by atoms with van der Waals surface area (Å²) >= 11 is 0. The first-order chi connectivity index (χ1) is 15.1. The number of benzene rings is 1. The zero-order chi connectivity index (χ0) is 23.5. The van der Waals surface area contributed by atoms with Gasteiger partial charge in [-0.3, -0.25) is 29.7 Å². The molecule has 6 N–H and O–H groups in total. The van der Waals surface area contributed by atoms with Crippen LogP contribution in [0.25, 0.3) is 0 Å². The number of nitrogen functional groups attached to an aromatic ring is 1. The minimum absolute atomic E-state index is 0.133. The SMILES string of the molecule is C[C@@]1(c2ccc(C(=N)N)cc2)NC(=O)N(CC(=O)N[C@@H](CC(=O)O)c2cccnc2)C1=O. The molecule has 32 heavy (non-hydrogen) atoms. The van der Waals surface area contributed by atoms with Gasteiger partial charge in [0.1, 0.15) is 17.9 Å². The van der Waals surface area contributed by atoms with Crippen LogP contribution >= 0.6 is 0 Å². The Morgan fingerprint density at radius 3 is 2.53 bits per heavy atom. The molecule has 1 aromatic carbocycles. The van der Waals surface area contributed by atoms with Gasteiger partial charge in [0.2, 0.25) is 5.91 Å². The molecule has 0 bridgehead atoms. The van der Waals surface area contributed by atoms with Crippen molar-refractivity contribution in [1.29, 1.82) is 5.41 Å². The molecule has 1 saturated heterocycles. The van der Waals surface area contributed by atoms with Crippen LogP contribution in [0.5, 0.6) is 0 Å². The molecule has 2 aromatic rings. The van der Waals surface area contributed by atoms with Gasteiger partial charge in [0.05, 0.1) is 12.5 Å². The molecule has 1 aromatic heterocycles. The Labute approximate surface area is 183 Å². The van der Waals surface area contributed by atoms with Crippen LogP contribution in [0.4, 0.5) is 4.79 Å². The summed E-state index contributed by atoms with van der Waals surface area (Å²) in [5.74, 6) is -2.59. The molecule has 2 heterocycles. The number of imide groups is 1. The second-order valence-electron chi connectivity index (χ2n) is 7.44. The minimum Gasteiger partial charge on any atom is -0.481 e. The van der Waals surface area contributed by atoms with Crippen molar-refractivity contribution in [2.75, 3.05) is 6.54 Å². The first-order valence-corrected chi connectivity index (χ1v) is 9.62. The number of carboxylic acids is 1. The number of nitrogens with two attached hydrogens (primary N) is 1. The molecule has 0 saturated carbocycles. The number of aliphatic carboxylic acids is 1. The van der Waals surface area contributed by atoms with Gasteiger partial charge >= 0.3 is 12.0 Å². The van der Waals surface area contributed by atoms with Crippen molar-refractivity contribution in [1.82, 2.24) is 20.5 Å². The van der Waals surface area contributed by atoms with Gasteiger partial charge in [-0.25, -0.2) is 4.79 Å². The molecule has 3 rings (SSSR count). The highest BCUT2D eigenvalue weighted by molar-refractivity contribution is 6.09. The summed E-state index contributed by atoms with van der Waals surface area (Å²) < 4.78 is 0. The molecular weight excluding hydrogens is 416 g/mol. The van der Waals surface area contributed by atoms with Crippen LogP contribution in [0.15, 0.2) is 48.8 Å². The minimum atomic E-state index is -1.41. The highest BCUT2D eigenvalue weighted by Gasteiger charge is 2.49. The molecule has 1 aliphatic rings. The van der Waals surface area contributed by atoms with Crippen molar-refractivity contribution in [2.45, 2.75) is 24.9 Å². The van der Waals surface area contributed by atoms with E-state index >= 15 is 0 Å². The fraction of sp³-hybridized carbons (Fsp3) is 0.238. The van der Waals surface area contributed by atoms with Gasteiger partial charge in [-0.15, -0.1) is 0 Å². The van der Waals surface area contributed by atoms with Crippen molar-refractivity contribution in [3.05, 3.63) is 65.5 Å². The van der Waals surface area contributed by atoms with Crippen molar-refractivity contribution in [3.63, 3.8) is 0 Å². The second-order valence-corrected chi connectivity index (χ2v) is 7.44. The van der Waals surface area contributed by atoms with E-state index in [1.165, 1.54) is 19.3 Å². The lowest BCUT2D eigenvalue weighted by molar-refractivity contribution is -0.138. The zero-order valence-electron chi connectivity index (χ0n) is 17.2. The maximum absolute atomic E-state index is 13.0. The number of carbonyl (C=O) groups is 4. The summed E-state index contributed by atoms with van der Waals surface area (Å²) in [7, 11) is 0. The van der Waals surface area contributed by atoms with Gasteiger partial charge in [-0.05, 0) is 24.1 Å². The van der Waals surface area contributed by atoms with Gasteiger partial charge in [-0.2, -0.15) is 0 Å². The third kappa shape index (κ3) is 4.56. The maximum Gasteiger partial charge on any atom is 0.325 e. The average molecular weight is 438 g/mol. The summed E-state index contributed by atoms with van der Waals surface area (Å²) in [6, 6.07) is 7.87. The number of pyridine rings is 1. The third-order valence-corrected chi connectivity index (χ3v) is 5.15. The monoisotopic (exact) mass is 438 g/mol. The number of nitrogens with one attached hydrogen (secondary N) is 3. The van der Waals surface area contributed by atoms with Gasteiger partial charge in [-0.1, -0.05) is 30.3 Å². The van der Waals surface area contributed by atoms with Gasteiger partial charge < -0.3 is 21.5 Å². The van der Waals surface area contributed by atoms with E-state index in [2.05, 4.69) is 15.6 Å². The Balaban J connectivity index is 1.74. The lowest BCUT2D eigenvalue weighted by Crippen LogP contribution is -2.44. The lowest BCUT2D eigenvalue weighted by atomic mass is 9.91. The van der Waals surface area contributed by atoms with Crippen LogP contribution in [0.2, 0.25) is 0 Å². The first-order valence-electron chi connectivity index (χ1n) is 9.62. The van der Waals surface area contributed by atoms with Crippen LogP contribution in [-0.4, -0.2) is 51.2 Å². The van der Waals surface area contributed by atoms with Crippen molar-refractivity contribution in [3.8, 4) is 0 Å². The number of carboxylic acid groups (broad SMARTS) is 1. The van der Waals surface area contributed by atoms with E-state index < -0.39 is 48.4 Å². The number of aromatic nitrogens is 1. The normalized spacial score (nSPS) is 18.7. The highest BCUT2D eigenvalue weighted by atomic mass is 16.4. The molecule has 4 amide bonds. The number of nitrogens with zero attached hydrogens (tertiary/aromatic N) is 2. The van der Waals surface area contributed by atoms with Gasteiger partial charge in [0.15, 0.2) is 0 Å². The molecule has 1 fully saturated rings. The summed E-state index contributed by atoms with van der Waals surface area (Å²) in [4.78, 5) is 54.0. The van der Waals surface area contributed by atoms with Crippen molar-refractivity contribution < 1.29 is 24.3 Å².